The van der Waals surface area contributed by atoms with Crippen molar-refractivity contribution in [3.63, 3.8) is 0 Å². The van der Waals surface area contributed by atoms with Gasteiger partial charge in [-0.3, -0.25) is 0 Å². The highest BCUT2D eigenvalue weighted by Crippen LogP contribution is 2.42. The Morgan fingerprint density at radius 3 is 2.83 bits per heavy atom. The lowest BCUT2D eigenvalue weighted by Crippen LogP contribution is -2.37. The van der Waals surface area contributed by atoms with Gasteiger partial charge in [-0.25, -0.2) is 0 Å². The second-order valence-electron chi connectivity index (χ2n) is 4.48. The Hall–Kier alpha value is 0.650. The number of thioether (sulfide) groups is 2. The summed E-state index contributed by atoms with van der Waals surface area (Å²) < 4.78 is 0. The SMILES string of the molecule is CCCNC(c1sccc1Cl)C1SCCSC1C. The molecule has 1 fully saturated rings. The van der Waals surface area contributed by atoms with E-state index in [2.05, 4.69) is 48.1 Å². The Morgan fingerprint density at radius 2 is 2.22 bits per heavy atom. The molecule has 0 radical (unpaired) electrons. The first-order chi connectivity index (χ1) is 8.74. The molecule has 0 saturated carbocycles. The van der Waals surface area contributed by atoms with Crippen molar-refractivity contribution in [2.24, 2.45) is 0 Å². The summed E-state index contributed by atoms with van der Waals surface area (Å²) in [6.07, 6.45) is 1.17. The molecule has 1 N–H and O–H groups in total. The molecule has 1 aliphatic heterocycles. The van der Waals surface area contributed by atoms with Crippen molar-refractivity contribution in [1.82, 2.24) is 5.32 Å². The first kappa shape index (κ1) is 15.0. The molecule has 1 saturated heterocycles. The maximum atomic E-state index is 6.33. The fraction of sp³-hybridized carbons (Fsp3) is 0.692. The molecule has 2 rings (SSSR count). The van der Waals surface area contributed by atoms with Gasteiger partial charge in [0.05, 0.1) is 11.1 Å². The maximum absolute atomic E-state index is 6.33. The summed E-state index contributed by atoms with van der Waals surface area (Å²) in [5.41, 5.74) is 0. The fourth-order valence-electron chi connectivity index (χ4n) is 2.20. The van der Waals surface area contributed by atoms with E-state index in [-0.39, 0.29) is 0 Å². The van der Waals surface area contributed by atoms with Crippen LogP contribution < -0.4 is 5.32 Å². The Balaban J connectivity index is 2.16. The Morgan fingerprint density at radius 1 is 1.44 bits per heavy atom. The van der Waals surface area contributed by atoms with Crippen molar-refractivity contribution in [3.05, 3.63) is 21.3 Å². The molecule has 5 heteroatoms. The quantitative estimate of drug-likeness (QED) is 0.845. The lowest BCUT2D eigenvalue weighted by molar-refractivity contribution is 0.516. The minimum atomic E-state index is 0.408. The van der Waals surface area contributed by atoms with Crippen LogP contribution in [0.2, 0.25) is 5.02 Å². The predicted molar refractivity (Wildman–Crippen MR) is 88.5 cm³/mol. The predicted octanol–water partition coefficient (Wildman–Crippen LogP) is 4.68. The Kier molecular flexibility index (Phi) is 6.22. The van der Waals surface area contributed by atoms with Crippen LogP contribution in [-0.2, 0) is 0 Å². The van der Waals surface area contributed by atoms with Crippen LogP contribution in [0.5, 0.6) is 0 Å². The number of rotatable bonds is 5. The van der Waals surface area contributed by atoms with Gasteiger partial charge in [0.25, 0.3) is 0 Å². The van der Waals surface area contributed by atoms with Crippen molar-refractivity contribution in [3.8, 4) is 0 Å². The molecule has 0 amide bonds. The standard InChI is InChI=1S/C13H20ClNS3/c1-3-5-15-11(13-10(14)4-6-17-13)12-9(2)16-7-8-18-12/h4,6,9,11-12,15H,3,5,7-8H2,1-2H3. The van der Waals surface area contributed by atoms with E-state index in [1.54, 1.807) is 11.3 Å². The molecule has 102 valence electrons. The Labute approximate surface area is 127 Å². The van der Waals surface area contributed by atoms with Crippen LogP contribution in [0.15, 0.2) is 11.4 Å². The highest BCUT2D eigenvalue weighted by Gasteiger charge is 2.32. The highest BCUT2D eigenvalue weighted by molar-refractivity contribution is 8.07. The molecule has 1 nitrogen and oxygen atoms in total. The summed E-state index contributed by atoms with van der Waals surface area (Å²) in [4.78, 5) is 1.32. The van der Waals surface area contributed by atoms with Gasteiger partial charge in [0.2, 0.25) is 0 Å². The summed E-state index contributed by atoms with van der Waals surface area (Å²) in [7, 11) is 0. The molecule has 0 bridgehead atoms. The zero-order chi connectivity index (χ0) is 13.0. The first-order valence-electron chi connectivity index (χ1n) is 6.43. The molecule has 1 aliphatic rings. The number of halogens is 1. The van der Waals surface area contributed by atoms with E-state index >= 15 is 0 Å². The Bertz CT molecular complexity index is 369. The smallest absolute Gasteiger partial charge is 0.0561 e. The summed E-state index contributed by atoms with van der Waals surface area (Å²) >= 11 is 12.3. The zero-order valence-electron chi connectivity index (χ0n) is 10.8. The first-order valence-corrected chi connectivity index (χ1v) is 9.79. The third-order valence-corrected chi connectivity index (χ3v) is 7.74. The van der Waals surface area contributed by atoms with Crippen molar-refractivity contribution in [1.29, 1.82) is 0 Å². The molecular weight excluding hydrogens is 302 g/mol. The molecule has 0 spiro atoms. The number of thiophene rings is 1. The summed E-state index contributed by atoms with van der Waals surface area (Å²) in [6.45, 7) is 5.63. The third kappa shape index (κ3) is 3.60. The summed E-state index contributed by atoms with van der Waals surface area (Å²) in [5.74, 6) is 2.54. The minimum Gasteiger partial charge on any atom is -0.308 e. The van der Waals surface area contributed by atoms with Gasteiger partial charge in [-0.05, 0) is 24.4 Å². The van der Waals surface area contributed by atoms with E-state index < -0.39 is 0 Å². The zero-order valence-corrected chi connectivity index (χ0v) is 14.0. The molecule has 2 heterocycles. The van der Waals surface area contributed by atoms with E-state index in [0.717, 1.165) is 11.6 Å². The minimum absolute atomic E-state index is 0.408. The van der Waals surface area contributed by atoms with Gasteiger partial charge in [-0.1, -0.05) is 25.4 Å². The van der Waals surface area contributed by atoms with Crippen molar-refractivity contribution in [2.75, 3.05) is 18.1 Å². The maximum Gasteiger partial charge on any atom is 0.0561 e. The normalized spacial score (nSPS) is 26.2. The molecule has 0 aliphatic carbocycles. The van der Waals surface area contributed by atoms with Crippen molar-refractivity contribution < 1.29 is 0 Å². The van der Waals surface area contributed by atoms with E-state index in [1.807, 2.05) is 6.07 Å². The highest BCUT2D eigenvalue weighted by atomic mass is 35.5. The van der Waals surface area contributed by atoms with Gasteiger partial charge in [-0.15, -0.1) is 11.3 Å². The molecule has 0 aromatic carbocycles. The van der Waals surface area contributed by atoms with Gasteiger partial charge in [0.1, 0.15) is 0 Å². The van der Waals surface area contributed by atoms with Gasteiger partial charge >= 0.3 is 0 Å². The topological polar surface area (TPSA) is 12.0 Å². The fourth-order valence-corrected chi connectivity index (χ4v) is 6.51. The third-order valence-electron chi connectivity index (χ3n) is 3.11. The average molecular weight is 322 g/mol. The van der Waals surface area contributed by atoms with Gasteiger partial charge in [-0.2, -0.15) is 23.5 Å². The lowest BCUT2D eigenvalue weighted by atomic mass is 10.1. The molecule has 3 atom stereocenters. The number of nitrogens with one attached hydrogen (secondary N) is 1. The molecule has 3 unspecified atom stereocenters. The molecular formula is C13H20ClNS3. The summed E-state index contributed by atoms with van der Waals surface area (Å²) in [6, 6.07) is 2.43. The monoisotopic (exact) mass is 321 g/mol. The average Bonchev–Trinajstić information content (AvgIpc) is 2.78. The van der Waals surface area contributed by atoms with Crippen LogP contribution in [0.25, 0.3) is 0 Å². The molecule has 1 aromatic rings. The lowest BCUT2D eigenvalue weighted by Gasteiger charge is -2.34. The van der Waals surface area contributed by atoms with Crippen LogP contribution in [-0.4, -0.2) is 28.6 Å². The van der Waals surface area contributed by atoms with E-state index in [1.165, 1.54) is 22.8 Å². The van der Waals surface area contributed by atoms with Crippen LogP contribution in [0.4, 0.5) is 0 Å². The van der Waals surface area contributed by atoms with Gasteiger partial charge in [0, 0.05) is 26.9 Å². The van der Waals surface area contributed by atoms with Crippen LogP contribution in [0, 0.1) is 0 Å². The second-order valence-corrected chi connectivity index (χ2v) is 8.60. The van der Waals surface area contributed by atoms with Crippen LogP contribution >= 0.6 is 46.5 Å². The molecule has 1 aromatic heterocycles. The van der Waals surface area contributed by atoms with E-state index in [0.29, 0.717) is 16.5 Å². The van der Waals surface area contributed by atoms with Gasteiger partial charge < -0.3 is 5.32 Å². The second kappa shape index (κ2) is 7.44. The van der Waals surface area contributed by atoms with E-state index in [4.69, 9.17) is 11.6 Å². The summed E-state index contributed by atoms with van der Waals surface area (Å²) in [5, 5.41) is 8.06. The largest absolute Gasteiger partial charge is 0.308 e. The van der Waals surface area contributed by atoms with Crippen molar-refractivity contribution >= 4 is 46.5 Å². The van der Waals surface area contributed by atoms with Crippen molar-refractivity contribution in [2.45, 2.75) is 36.8 Å². The van der Waals surface area contributed by atoms with E-state index in [9.17, 15) is 0 Å². The van der Waals surface area contributed by atoms with Crippen LogP contribution in [0.1, 0.15) is 31.2 Å². The number of hydrogen-bond donors (Lipinski definition) is 1. The van der Waals surface area contributed by atoms with Gasteiger partial charge in [0.15, 0.2) is 0 Å². The molecule has 18 heavy (non-hydrogen) atoms. The van der Waals surface area contributed by atoms with Crippen LogP contribution in [0.3, 0.4) is 0 Å². The number of hydrogen-bond acceptors (Lipinski definition) is 4.